The van der Waals surface area contributed by atoms with Gasteiger partial charge in [-0.2, -0.15) is 12.6 Å². The molecule has 1 unspecified atom stereocenters. The lowest BCUT2D eigenvalue weighted by molar-refractivity contribution is 0.0280. The van der Waals surface area contributed by atoms with Gasteiger partial charge in [-0.25, -0.2) is 0 Å². The molecule has 2 aliphatic heterocycles. The summed E-state index contributed by atoms with van der Waals surface area (Å²) in [6, 6.07) is 0.846. The van der Waals surface area contributed by atoms with Gasteiger partial charge in [0, 0.05) is 32.2 Å². The van der Waals surface area contributed by atoms with E-state index in [1.54, 1.807) is 0 Å². The zero-order valence-electron chi connectivity index (χ0n) is 12.2. The SMILES string of the molecule is CCC(CC)(CS)CN1CCN2CCCCC2C1. The molecule has 18 heavy (non-hydrogen) atoms. The summed E-state index contributed by atoms with van der Waals surface area (Å²) in [7, 11) is 0. The van der Waals surface area contributed by atoms with Crippen molar-refractivity contribution in [2.24, 2.45) is 5.41 Å². The fourth-order valence-corrected chi connectivity index (χ4v) is 4.13. The molecule has 0 saturated carbocycles. The summed E-state index contributed by atoms with van der Waals surface area (Å²) in [5.74, 6) is 1.03. The lowest BCUT2D eigenvalue weighted by Crippen LogP contribution is -2.56. The highest BCUT2D eigenvalue weighted by atomic mass is 32.1. The molecule has 0 aromatic carbocycles. The summed E-state index contributed by atoms with van der Waals surface area (Å²) in [6.45, 7) is 11.1. The van der Waals surface area contributed by atoms with E-state index in [4.69, 9.17) is 0 Å². The zero-order chi connectivity index (χ0) is 13.0. The maximum Gasteiger partial charge on any atom is 0.0223 e. The normalized spacial score (nSPS) is 27.2. The molecule has 106 valence electrons. The number of fused-ring (bicyclic) bond motifs is 1. The molecule has 0 N–H and O–H groups in total. The average Bonchev–Trinajstić information content (AvgIpc) is 2.45. The van der Waals surface area contributed by atoms with E-state index in [0.29, 0.717) is 5.41 Å². The van der Waals surface area contributed by atoms with Crippen molar-refractivity contribution >= 4 is 12.6 Å². The average molecular weight is 270 g/mol. The highest BCUT2D eigenvalue weighted by Gasteiger charge is 2.33. The van der Waals surface area contributed by atoms with Gasteiger partial charge < -0.3 is 0 Å². The summed E-state index contributed by atoms with van der Waals surface area (Å²) in [4.78, 5) is 5.44. The van der Waals surface area contributed by atoms with Crippen molar-refractivity contribution in [1.29, 1.82) is 0 Å². The van der Waals surface area contributed by atoms with Crippen LogP contribution in [0.15, 0.2) is 0 Å². The molecule has 2 nitrogen and oxygen atoms in total. The molecule has 3 heteroatoms. The van der Waals surface area contributed by atoms with E-state index in [2.05, 4.69) is 36.3 Å². The third-order valence-electron chi connectivity index (χ3n) is 5.32. The number of nitrogens with zero attached hydrogens (tertiary/aromatic N) is 2. The first-order valence-electron chi connectivity index (χ1n) is 7.80. The van der Waals surface area contributed by atoms with Crippen LogP contribution in [0.1, 0.15) is 46.0 Å². The lowest BCUT2D eigenvalue weighted by Gasteiger charge is -2.46. The molecule has 2 aliphatic rings. The van der Waals surface area contributed by atoms with Gasteiger partial charge in [0.05, 0.1) is 0 Å². The van der Waals surface area contributed by atoms with Gasteiger partial charge in [0.2, 0.25) is 0 Å². The van der Waals surface area contributed by atoms with Gasteiger partial charge in [0.1, 0.15) is 0 Å². The number of rotatable bonds is 5. The smallest absolute Gasteiger partial charge is 0.0223 e. The minimum Gasteiger partial charge on any atom is -0.300 e. The Bertz CT molecular complexity index is 245. The summed E-state index contributed by atoms with van der Waals surface area (Å²) in [6.07, 6.45) is 6.80. The van der Waals surface area contributed by atoms with Gasteiger partial charge in [-0.15, -0.1) is 0 Å². The Balaban J connectivity index is 1.90. The molecule has 2 heterocycles. The first kappa shape index (κ1) is 14.7. The van der Waals surface area contributed by atoms with E-state index in [0.717, 1.165) is 11.8 Å². The molecule has 2 saturated heterocycles. The van der Waals surface area contributed by atoms with Crippen LogP contribution in [0.25, 0.3) is 0 Å². The first-order valence-corrected chi connectivity index (χ1v) is 8.43. The van der Waals surface area contributed by atoms with Gasteiger partial charge in [0.15, 0.2) is 0 Å². The van der Waals surface area contributed by atoms with E-state index in [9.17, 15) is 0 Å². The van der Waals surface area contributed by atoms with Crippen molar-refractivity contribution in [2.75, 3.05) is 38.5 Å². The Morgan fingerprint density at radius 2 is 1.89 bits per heavy atom. The van der Waals surface area contributed by atoms with Gasteiger partial charge in [-0.1, -0.05) is 20.3 Å². The predicted molar refractivity (Wildman–Crippen MR) is 82.5 cm³/mol. The van der Waals surface area contributed by atoms with Crippen LogP contribution in [0.4, 0.5) is 0 Å². The van der Waals surface area contributed by atoms with Crippen LogP contribution in [-0.4, -0.2) is 54.3 Å². The number of piperazine rings is 1. The standard InChI is InChI=1S/C15H30N2S/c1-3-15(4-2,13-18)12-16-9-10-17-8-6-5-7-14(17)11-16/h14,18H,3-13H2,1-2H3. The van der Waals surface area contributed by atoms with Crippen LogP contribution in [0, 0.1) is 5.41 Å². The minimum atomic E-state index is 0.444. The number of hydrogen-bond donors (Lipinski definition) is 1. The Morgan fingerprint density at radius 3 is 2.56 bits per heavy atom. The number of piperidine rings is 1. The molecule has 0 aliphatic carbocycles. The summed E-state index contributed by atoms with van der Waals surface area (Å²) < 4.78 is 0. The molecular weight excluding hydrogens is 240 g/mol. The molecule has 0 aromatic rings. The van der Waals surface area contributed by atoms with Crippen LogP contribution in [0.2, 0.25) is 0 Å². The summed E-state index contributed by atoms with van der Waals surface area (Å²) in [5.41, 5.74) is 0.444. The van der Waals surface area contributed by atoms with Crippen LogP contribution in [0.5, 0.6) is 0 Å². The zero-order valence-corrected chi connectivity index (χ0v) is 13.1. The Labute approximate surface area is 119 Å². The third kappa shape index (κ3) is 3.23. The van der Waals surface area contributed by atoms with E-state index in [1.165, 1.54) is 64.8 Å². The van der Waals surface area contributed by atoms with Crippen LogP contribution < -0.4 is 0 Å². The molecule has 2 rings (SSSR count). The molecule has 0 spiro atoms. The quantitative estimate of drug-likeness (QED) is 0.768. The molecule has 0 amide bonds. The molecule has 0 radical (unpaired) electrons. The molecule has 0 bridgehead atoms. The lowest BCUT2D eigenvalue weighted by atomic mass is 9.83. The van der Waals surface area contributed by atoms with Crippen molar-refractivity contribution in [3.63, 3.8) is 0 Å². The van der Waals surface area contributed by atoms with Crippen molar-refractivity contribution in [3.8, 4) is 0 Å². The second-order valence-corrected chi connectivity index (χ2v) is 6.60. The van der Waals surface area contributed by atoms with Gasteiger partial charge in [0.25, 0.3) is 0 Å². The topological polar surface area (TPSA) is 6.48 Å². The van der Waals surface area contributed by atoms with Crippen molar-refractivity contribution in [1.82, 2.24) is 9.80 Å². The van der Waals surface area contributed by atoms with E-state index < -0.39 is 0 Å². The third-order valence-corrected chi connectivity index (χ3v) is 5.99. The molecular formula is C15H30N2S. The molecule has 2 fully saturated rings. The van der Waals surface area contributed by atoms with Crippen LogP contribution in [0.3, 0.4) is 0 Å². The van der Waals surface area contributed by atoms with E-state index in [-0.39, 0.29) is 0 Å². The number of hydrogen-bond acceptors (Lipinski definition) is 3. The van der Waals surface area contributed by atoms with Crippen LogP contribution in [-0.2, 0) is 0 Å². The molecule has 0 aromatic heterocycles. The number of thiol groups is 1. The summed E-state index contributed by atoms with van der Waals surface area (Å²) in [5, 5.41) is 0. The van der Waals surface area contributed by atoms with Crippen molar-refractivity contribution in [3.05, 3.63) is 0 Å². The van der Waals surface area contributed by atoms with Gasteiger partial charge in [-0.05, 0) is 43.4 Å². The maximum atomic E-state index is 4.62. The Morgan fingerprint density at radius 1 is 1.11 bits per heavy atom. The Kier molecular flexibility index (Phi) is 5.40. The maximum absolute atomic E-state index is 4.62. The fourth-order valence-electron chi connectivity index (χ4n) is 3.59. The second kappa shape index (κ2) is 6.62. The van der Waals surface area contributed by atoms with Gasteiger partial charge in [-0.3, -0.25) is 9.80 Å². The van der Waals surface area contributed by atoms with Crippen molar-refractivity contribution in [2.45, 2.75) is 52.0 Å². The van der Waals surface area contributed by atoms with Gasteiger partial charge >= 0.3 is 0 Å². The highest BCUT2D eigenvalue weighted by Crippen LogP contribution is 2.31. The van der Waals surface area contributed by atoms with E-state index >= 15 is 0 Å². The Hall–Kier alpha value is 0.270. The molecule has 1 atom stereocenters. The predicted octanol–water partition coefficient (Wildman–Crippen LogP) is 2.89. The first-order chi connectivity index (χ1) is 8.73. The summed E-state index contributed by atoms with van der Waals surface area (Å²) >= 11 is 4.62. The minimum absolute atomic E-state index is 0.444. The fraction of sp³-hybridized carbons (Fsp3) is 1.00. The van der Waals surface area contributed by atoms with E-state index in [1.807, 2.05) is 0 Å². The largest absolute Gasteiger partial charge is 0.300 e. The van der Waals surface area contributed by atoms with Crippen LogP contribution >= 0.6 is 12.6 Å². The highest BCUT2D eigenvalue weighted by molar-refractivity contribution is 7.80. The second-order valence-electron chi connectivity index (χ2n) is 6.29. The monoisotopic (exact) mass is 270 g/mol. The van der Waals surface area contributed by atoms with Crippen molar-refractivity contribution < 1.29 is 0 Å².